The Hall–Kier alpha value is -2.77. The Morgan fingerprint density at radius 1 is 1.19 bits per heavy atom. The van der Waals surface area contributed by atoms with E-state index >= 15 is 0 Å². The van der Waals surface area contributed by atoms with Crippen molar-refractivity contribution in [2.24, 2.45) is 0 Å². The zero-order valence-electron chi connectivity index (χ0n) is 14.5. The summed E-state index contributed by atoms with van der Waals surface area (Å²) in [4.78, 5) is 14.4. The second-order valence-corrected chi connectivity index (χ2v) is 6.10. The first-order valence-corrected chi connectivity index (χ1v) is 8.65. The van der Waals surface area contributed by atoms with Gasteiger partial charge in [-0.25, -0.2) is 14.4 Å². The van der Waals surface area contributed by atoms with Crippen LogP contribution in [0.15, 0.2) is 54.6 Å². The second kappa shape index (κ2) is 7.23. The van der Waals surface area contributed by atoms with Gasteiger partial charge in [-0.05, 0) is 24.6 Å². The summed E-state index contributed by atoms with van der Waals surface area (Å²) in [6.07, 6.45) is -0.761. The quantitative estimate of drug-likeness (QED) is 0.657. The molecule has 0 amide bonds. The van der Waals surface area contributed by atoms with Gasteiger partial charge < -0.3 is 9.47 Å². The standard InChI is InChI=1S/C19H20N4O3/c1-2-25-19(24)18-22(17(12-26-18)14-8-4-3-5-9-14)13-23-16-11-7-6-10-15(16)20-21-23/h3-11,17-18H,2,12-13H2,1H3. The molecule has 7 heteroatoms. The van der Waals surface area contributed by atoms with E-state index in [2.05, 4.69) is 10.3 Å². The Kier molecular flexibility index (Phi) is 4.64. The molecule has 0 aliphatic carbocycles. The maximum absolute atomic E-state index is 12.4. The predicted molar refractivity (Wildman–Crippen MR) is 94.9 cm³/mol. The molecule has 1 aromatic heterocycles. The van der Waals surface area contributed by atoms with Crippen molar-refractivity contribution >= 4 is 17.0 Å². The number of ether oxygens (including phenoxy) is 2. The summed E-state index contributed by atoms with van der Waals surface area (Å²) < 4.78 is 12.8. The van der Waals surface area contributed by atoms with Crippen LogP contribution in [0.3, 0.4) is 0 Å². The van der Waals surface area contributed by atoms with Gasteiger partial charge in [-0.1, -0.05) is 47.7 Å². The predicted octanol–water partition coefficient (Wildman–Crippen LogP) is 2.35. The van der Waals surface area contributed by atoms with Gasteiger partial charge in [-0.2, -0.15) is 0 Å². The van der Waals surface area contributed by atoms with Crippen LogP contribution in [0.5, 0.6) is 0 Å². The van der Waals surface area contributed by atoms with Gasteiger partial charge in [0.05, 0.1) is 31.4 Å². The Bertz CT molecular complexity index is 896. The maximum atomic E-state index is 12.4. The molecule has 0 spiro atoms. The second-order valence-electron chi connectivity index (χ2n) is 6.10. The molecule has 2 unspecified atom stereocenters. The van der Waals surface area contributed by atoms with Crippen LogP contribution in [0.1, 0.15) is 18.5 Å². The minimum Gasteiger partial charge on any atom is -0.463 e. The van der Waals surface area contributed by atoms with E-state index in [1.165, 1.54) is 0 Å². The van der Waals surface area contributed by atoms with Crippen LogP contribution in [0, 0.1) is 0 Å². The third-order valence-corrected chi connectivity index (χ3v) is 4.50. The van der Waals surface area contributed by atoms with Gasteiger partial charge >= 0.3 is 5.97 Å². The molecule has 1 fully saturated rings. The molecule has 0 N–H and O–H groups in total. The number of rotatable bonds is 5. The highest BCUT2D eigenvalue weighted by atomic mass is 16.6. The highest BCUT2D eigenvalue weighted by molar-refractivity contribution is 5.75. The topological polar surface area (TPSA) is 69.5 Å². The smallest absolute Gasteiger partial charge is 0.350 e. The van der Waals surface area contributed by atoms with Crippen molar-refractivity contribution in [3.63, 3.8) is 0 Å². The lowest BCUT2D eigenvalue weighted by molar-refractivity contribution is -0.162. The fourth-order valence-electron chi connectivity index (χ4n) is 3.27. The number of hydrogen-bond acceptors (Lipinski definition) is 6. The van der Waals surface area contributed by atoms with Crippen LogP contribution >= 0.6 is 0 Å². The van der Waals surface area contributed by atoms with Crippen molar-refractivity contribution in [2.45, 2.75) is 25.9 Å². The maximum Gasteiger partial charge on any atom is 0.350 e. The van der Waals surface area contributed by atoms with Gasteiger partial charge in [0.15, 0.2) is 0 Å². The molecule has 2 heterocycles. The van der Waals surface area contributed by atoms with Crippen LogP contribution in [0.2, 0.25) is 0 Å². The summed E-state index contributed by atoms with van der Waals surface area (Å²) in [5, 5.41) is 8.44. The first kappa shape index (κ1) is 16.7. The summed E-state index contributed by atoms with van der Waals surface area (Å²) in [5.41, 5.74) is 2.81. The molecule has 1 saturated heterocycles. The number of fused-ring (bicyclic) bond motifs is 1. The number of carbonyl (C=O) groups excluding carboxylic acids is 1. The SMILES string of the molecule is CCOC(=O)C1OCC(c2ccccc2)N1Cn1nnc2ccccc21. The van der Waals surface area contributed by atoms with E-state index < -0.39 is 6.23 Å². The molecule has 0 bridgehead atoms. The van der Waals surface area contributed by atoms with Gasteiger partial charge in [0.25, 0.3) is 0 Å². The van der Waals surface area contributed by atoms with Crippen LogP contribution < -0.4 is 0 Å². The van der Waals surface area contributed by atoms with Crippen molar-refractivity contribution in [3.05, 3.63) is 60.2 Å². The minimum absolute atomic E-state index is 0.0615. The lowest BCUT2D eigenvalue weighted by Crippen LogP contribution is -2.40. The molecule has 0 radical (unpaired) electrons. The number of hydrogen-bond donors (Lipinski definition) is 0. The van der Waals surface area contributed by atoms with Gasteiger partial charge in [0.1, 0.15) is 5.52 Å². The van der Waals surface area contributed by atoms with Crippen LogP contribution in [-0.2, 0) is 20.9 Å². The average molecular weight is 352 g/mol. The van der Waals surface area contributed by atoms with Crippen LogP contribution in [0.25, 0.3) is 11.0 Å². The molecule has 26 heavy (non-hydrogen) atoms. The van der Waals surface area contributed by atoms with Crippen molar-refractivity contribution in [1.29, 1.82) is 0 Å². The van der Waals surface area contributed by atoms with E-state index in [0.717, 1.165) is 16.6 Å². The molecule has 0 saturated carbocycles. The number of carbonyl (C=O) groups is 1. The number of para-hydroxylation sites is 1. The molecule has 7 nitrogen and oxygen atoms in total. The fraction of sp³-hybridized carbons (Fsp3) is 0.316. The molecule has 3 aromatic rings. The number of nitrogens with zero attached hydrogens (tertiary/aromatic N) is 4. The molecular weight excluding hydrogens is 332 g/mol. The van der Waals surface area contributed by atoms with Gasteiger partial charge in [0.2, 0.25) is 6.23 Å². The molecular formula is C19H20N4O3. The summed E-state index contributed by atoms with van der Waals surface area (Å²) in [6, 6.07) is 17.7. The largest absolute Gasteiger partial charge is 0.463 e. The van der Waals surface area contributed by atoms with Crippen LogP contribution in [0.4, 0.5) is 0 Å². The summed E-state index contributed by atoms with van der Waals surface area (Å²) in [6.45, 7) is 2.90. The van der Waals surface area contributed by atoms with Gasteiger partial charge in [0, 0.05) is 0 Å². The van der Waals surface area contributed by atoms with Gasteiger partial charge in [-0.3, -0.25) is 0 Å². The summed E-state index contributed by atoms with van der Waals surface area (Å²) in [5.74, 6) is -0.379. The number of esters is 1. The molecule has 1 aliphatic rings. The Balaban J connectivity index is 1.67. The molecule has 2 atom stereocenters. The van der Waals surface area contributed by atoms with Crippen molar-refractivity contribution < 1.29 is 14.3 Å². The fourth-order valence-corrected chi connectivity index (χ4v) is 3.27. The van der Waals surface area contributed by atoms with Gasteiger partial charge in [-0.15, -0.1) is 5.10 Å². The lowest BCUT2D eigenvalue weighted by Gasteiger charge is -2.26. The third-order valence-electron chi connectivity index (χ3n) is 4.50. The Morgan fingerprint density at radius 2 is 1.96 bits per heavy atom. The van der Waals surface area contributed by atoms with E-state index in [-0.39, 0.29) is 12.0 Å². The Morgan fingerprint density at radius 3 is 2.77 bits per heavy atom. The first-order chi connectivity index (χ1) is 12.8. The monoisotopic (exact) mass is 352 g/mol. The summed E-state index contributed by atoms with van der Waals surface area (Å²) >= 11 is 0. The molecule has 1 aliphatic heterocycles. The number of aromatic nitrogens is 3. The summed E-state index contributed by atoms with van der Waals surface area (Å²) in [7, 11) is 0. The third kappa shape index (κ3) is 3.07. The highest BCUT2D eigenvalue weighted by Gasteiger charge is 2.41. The van der Waals surface area contributed by atoms with Crippen molar-refractivity contribution in [2.75, 3.05) is 13.2 Å². The zero-order chi connectivity index (χ0) is 17.9. The Labute approximate surface area is 151 Å². The first-order valence-electron chi connectivity index (χ1n) is 8.65. The molecule has 2 aromatic carbocycles. The van der Waals surface area contributed by atoms with E-state index in [9.17, 15) is 4.79 Å². The van der Waals surface area contributed by atoms with E-state index in [1.807, 2.05) is 59.5 Å². The van der Waals surface area contributed by atoms with Crippen molar-refractivity contribution in [3.8, 4) is 0 Å². The highest BCUT2D eigenvalue weighted by Crippen LogP contribution is 2.31. The molecule has 134 valence electrons. The average Bonchev–Trinajstić information content (AvgIpc) is 3.28. The lowest BCUT2D eigenvalue weighted by atomic mass is 10.1. The normalized spacial score (nSPS) is 20.5. The zero-order valence-corrected chi connectivity index (χ0v) is 14.5. The minimum atomic E-state index is -0.761. The van der Waals surface area contributed by atoms with Crippen LogP contribution in [-0.4, -0.2) is 45.3 Å². The number of benzene rings is 2. The van der Waals surface area contributed by atoms with E-state index in [4.69, 9.17) is 9.47 Å². The van der Waals surface area contributed by atoms with E-state index in [0.29, 0.717) is 19.9 Å². The van der Waals surface area contributed by atoms with E-state index in [1.54, 1.807) is 11.6 Å². The van der Waals surface area contributed by atoms with Crippen molar-refractivity contribution in [1.82, 2.24) is 19.9 Å². The molecule has 4 rings (SSSR count).